The lowest BCUT2D eigenvalue weighted by Gasteiger charge is -2.34. The number of ether oxygens (including phenoxy) is 1. The van der Waals surface area contributed by atoms with E-state index in [0.29, 0.717) is 22.3 Å². The molecule has 1 aliphatic heterocycles. The predicted molar refractivity (Wildman–Crippen MR) is 150 cm³/mol. The first-order valence-electron chi connectivity index (χ1n) is 13.7. The number of rotatable bonds is 6. The Hall–Kier alpha value is -3.24. The molecule has 1 unspecified atom stereocenters. The molecule has 3 atom stereocenters. The third kappa shape index (κ3) is 4.84. The zero-order valence-electron chi connectivity index (χ0n) is 22.7. The molecule has 4 aromatic heterocycles. The van der Waals surface area contributed by atoms with Crippen molar-refractivity contribution in [2.75, 3.05) is 18.6 Å². The number of pyridine rings is 2. The van der Waals surface area contributed by atoms with E-state index in [-0.39, 0.29) is 24.0 Å². The number of fused-ring (bicyclic) bond motifs is 1. The fourth-order valence-corrected chi connectivity index (χ4v) is 6.49. The Morgan fingerprint density at radius 3 is 2.62 bits per heavy atom. The van der Waals surface area contributed by atoms with Gasteiger partial charge in [0.1, 0.15) is 5.69 Å². The first kappa shape index (κ1) is 26.0. The van der Waals surface area contributed by atoms with E-state index in [4.69, 9.17) is 30.8 Å². The van der Waals surface area contributed by atoms with Crippen molar-refractivity contribution in [2.24, 2.45) is 11.8 Å². The average Bonchev–Trinajstić information content (AvgIpc) is 3.64. The zero-order valence-corrected chi connectivity index (χ0v) is 23.5. The number of anilines is 1. The largest absolute Gasteiger partial charge is 0.439 e. The molecule has 0 spiro atoms. The van der Waals surface area contributed by atoms with Crippen LogP contribution in [0.15, 0.2) is 33.8 Å². The van der Waals surface area contributed by atoms with E-state index in [9.17, 15) is 4.79 Å². The van der Waals surface area contributed by atoms with Gasteiger partial charge in [-0.15, -0.1) is 0 Å². The van der Waals surface area contributed by atoms with Crippen molar-refractivity contribution in [1.29, 1.82) is 0 Å². The number of H-pyrrole nitrogens is 1. The lowest BCUT2D eigenvalue weighted by atomic mass is 9.79. The number of hydrogen-bond acceptors (Lipinski definition) is 8. The molecule has 0 radical (unpaired) electrons. The van der Waals surface area contributed by atoms with Crippen LogP contribution >= 0.6 is 11.6 Å². The fraction of sp³-hybridized carbons (Fsp3) is 0.536. The van der Waals surface area contributed by atoms with Gasteiger partial charge in [-0.2, -0.15) is 0 Å². The van der Waals surface area contributed by atoms with E-state index in [1.807, 2.05) is 12.1 Å². The number of halogens is 1. The molecule has 1 saturated heterocycles. The Kier molecular flexibility index (Phi) is 6.93. The van der Waals surface area contributed by atoms with E-state index >= 15 is 0 Å². The molecule has 1 N–H and O–H groups in total. The molecule has 0 amide bonds. The van der Waals surface area contributed by atoms with Crippen LogP contribution in [-0.4, -0.2) is 55.5 Å². The highest BCUT2D eigenvalue weighted by Crippen LogP contribution is 2.43. The van der Waals surface area contributed by atoms with Gasteiger partial charge in [0.15, 0.2) is 0 Å². The summed E-state index contributed by atoms with van der Waals surface area (Å²) < 4.78 is 12.9. The molecule has 1 saturated carbocycles. The molecule has 5 heterocycles. The number of aromatic amines is 1. The number of hydrogen-bond donors (Lipinski definition) is 1. The molecule has 206 valence electrons. The Morgan fingerprint density at radius 2 is 1.95 bits per heavy atom. The first-order chi connectivity index (χ1) is 18.8. The Labute approximate surface area is 231 Å². The van der Waals surface area contributed by atoms with Crippen LogP contribution in [0, 0.1) is 11.8 Å². The van der Waals surface area contributed by atoms with Gasteiger partial charge in [0.05, 0.1) is 27.9 Å². The minimum atomic E-state index is -0.638. The molecule has 39 heavy (non-hydrogen) atoms. The van der Waals surface area contributed by atoms with Crippen molar-refractivity contribution >= 4 is 28.6 Å². The first-order valence-corrected chi connectivity index (χ1v) is 14.1. The lowest BCUT2D eigenvalue weighted by Crippen LogP contribution is -2.32. The molecule has 1 aliphatic carbocycles. The van der Waals surface area contributed by atoms with Gasteiger partial charge < -0.3 is 14.2 Å². The van der Waals surface area contributed by atoms with Gasteiger partial charge in [-0.25, -0.2) is 14.8 Å². The molecule has 0 bridgehead atoms. The standard InChI is InChI=1S/C28H34ClN7O3/c1-15-5-7-18(8-6-15)17(3)36-25-22(32-27(36)35-14-21(38-4)9-16(35)2)11-23(26-33-28(37)39-34-26)31-24(25)19-10-20(29)13-30-12-19/h10-13,15-18,21H,5-9,14H2,1-4H3,(H,33,34,37)/t15?,16-,17?,18?,21-/m1/s1. The summed E-state index contributed by atoms with van der Waals surface area (Å²) in [6, 6.07) is 4.18. The molecule has 2 fully saturated rings. The highest BCUT2D eigenvalue weighted by molar-refractivity contribution is 6.30. The van der Waals surface area contributed by atoms with Gasteiger partial charge in [-0.1, -0.05) is 36.5 Å². The number of aromatic nitrogens is 6. The maximum absolute atomic E-state index is 11.8. The zero-order chi connectivity index (χ0) is 27.3. The number of nitrogens with zero attached hydrogens (tertiary/aromatic N) is 6. The molecule has 4 aromatic rings. The predicted octanol–water partition coefficient (Wildman–Crippen LogP) is 5.49. The van der Waals surface area contributed by atoms with E-state index in [0.717, 1.165) is 41.4 Å². The van der Waals surface area contributed by atoms with Gasteiger partial charge in [0.25, 0.3) is 0 Å². The second-order valence-corrected chi connectivity index (χ2v) is 11.6. The number of nitrogens with one attached hydrogen (secondary N) is 1. The van der Waals surface area contributed by atoms with Crippen LogP contribution in [0.5, 0.6) is 0 Å². The van der Waals surface area contributed by atoms with Crippen LogP contribution in [0.25, 0.3) is 33.8 Å². The highest BCUT2D eigenvalue weighted by Gasteiger charge is 2.36. The third-order valence-corrected chi connectivity index (χ3v) is 8.79. The normalized spacial score (nSPS) is 24.5. The summed E-state index contributed by atoms with van der Waals surface area (Å²) in [5, 5.41) is 4.41. The SMILES string of the molecule is CO[C@@H]1C[C@@H](C)N(c2nc3cc(-c4noc(=O)[nH]4)nc(-c4cncc(Cl)c4)c3n2C(C)C2CCC(C)CC2)C1. The van der Waals surface area contributed by atoms with E-state index in [2.05, 4.69) is 45.4 Å². The summed E-state index contributed by atoms with van der Waals surface area (Å²) in [7, 11) is 1.77. The van der Waals surface area contributed by atoms with E-state index in [1.165, 1.54) is 25.7 Å². The molecule has 11 heteroatoms. The summed E-state index contributed by atoms with van der Waals surface area (Å²) in [6.07, 6.45) is 9.26. The molecule has 10 nitrogen and oxygen atoms in total. The number of methoxy groups -OCH3 is 1. The van der Waals surface area contributed by atoms with E-state index < -0.39 is 5.76 Å². The molecule has 0 aromatic carbocycles. The molecule has 2 aliphatic rings. The summed E-state index contributed by atoms with van der Waals surface area (Å²) in [6.45, 7) is 7.64. The van der Waals surface area contributed by atoms with Crippen molar-refractivity contribution in [3.8, 4) is 22.8 Å². The van der Waals surface area contributed by atoms with Crippen LogP contribution in [0.4, 0.5) is 5.95 Å². The molecular weight excluding hydrogens is 518 g/mol. The Morgan fingerprint density at radius 1 is 1.15 bits per heavy atom. The molecular formula is C28H34ClN7O3. The summed E-state index contributed by atoms with van der Waals surface area (Å²) in [4.78, 5) is 31.3. The monoisotopic (exact) mass is 551 g/mol. The van der Waals surface area contributed by atoms with Crippen LogP contribution < -0.4 is 10.7 Å². The summed E-state index contributed by atoms with van der Waals surface area (Å²) in [5.74, 6) is 1.80. The van der Waals surface area contributed by atoms with Gasteiger partial charge in [-0.05, 0) is 57.1 Å². The van der Waals surface area contributed by atoms with Gasteiger partial charge in [0.2, 0.25) is 11.8 Å². The fourth-order valence-electron chi connectivity index (χ4n) is 6.31. The highest BCUT2D eigenvalue weighted by atomic mass is 35.5. The minimum Gasteiger partial charge on any atom is -0.380 e. The second-order valence-electron chi connectivity index (χ2n) is 11.2. The summed E-state index contributed by atoms with van der Waals surface area (Å²) >= 11 is 6.39. The smallest absolute Gasteiger partial charge is 0.380 e. The van der Waals surface area contributed by atoms with Gasteiger partial charge in [0, 0.05) is 43.7 Å². The second kappa shape index (κ2) is 10.4. The van der Waals surface area contributed by atoms with Crippen LogP contribution in [0.1, 0.15) is 58.9 Å². The van der Waals surface area contributed by atoms with Crippen LogP contribution in [0.2, 0.25) is 5.02 Å². The third-order valence-electron chi connectivity index (χ3n) is 8.59. The van der Waals surface area contributed by atoms with Crippen molar-refractivity contribution in [1.82, 2.24) is 29.7 Å². The summed E-state index contributed by atoms with van der Waals surface area (Å²) in [5.41, 5.74) is 3.59. The van der Waals surface area contributed by atoms with Gasteiger partial charge >= 0.3 is 5.76 Å². The van der Waals surface area contributed by atoms with Crippen LogP contribution in [-0.2, 0) is 4.74 Å². The van der Waals surface area contributed by atoms with Crippen molar-refractivity contribution in [2.45, 2.75) is 71.1 Å². The van der Waals surface area contributed by atoms with Crippen molar-refractivity contribution < 1.29 is 9.26 Å². The maximum Gasteiger partial charge on any atom is 0.439 e. The minimum absolute atomic E-state index is 0.143. The maximum atomic E-state index is 11.8. The number of imidazole rings is 1. The lowest BCUT2D eigenvalue weighted by molar-refractivity contribution is 0.118. The van der Waals surface area contributed by atoms with Gasteiger partial charge in [-0.3, -0.25) is 14.5 Å². The van der Waals surface area contributed by atoms with Crippen LogP contribution in [0.3, 0.4) is 0 Å². The van der Waals surface area contributed by atoms with Crippen molar-refractivity contribution in [3.63, 3.8) is 0 Å². The quantitative estimate of drug-likeness (QED) is 0.334. The average molecular weight is 552 g/mol. The van der Waals surface area contributed by atoms with E-state index in [1.54, 1.807) is 19.5 Å². The Bertz CT molecular complexity index is 1540. The van der Waals surface area contributed by atoms with Crippen molar-refractivity contribution in [3.05, 3.63) is 40.1 Å². The molecule has 6 rings (SSSR count). The Balaban J connectivity index is 1.60. The topological polar surface area (TPSA) is 115 Å².